The summed E-state index contributed by atoms with van der Waals surface area (Å²) in [6, 6.07) is 13.8. The van der Waals surface area contributed by atoms with E-state index in [0.717, 1.165) is 62.3 Å². The van der Waals surface area contributed by atoms with Crippen LogP contribution in [0, 0.1) is 6.92 Å². The summed E-state index contributed by atoms with van der Waals surface area (Å²) in [5.41, 5.74) is 1.31. The smallest absolute Gasteiger partial charge is 0.222 e. The maximum absolute atomic E-state index is 11.7. The van der Waals surface area contributed by atoms with Crippen LogP contribution in [0.4, 0.5) is 0 Å². The number of carbonyl (C=O) groups excluding carboxylic acids is 1. The first kappa shape index (κ1) is 24.8. The molecule has 2 fully saturated rings. The molecule has 0 bridgehead atoms. The van der Waals surface area contributed by atoms with Gasteiger partial charge in [0, 0.05) is 32.6 Å². The Kier molecular flexibility index (Phi) is 8.35. The molecule has 2 aromatic rings. The van der Waals surface area contributed by atoms with Gasteiger partial charge in [0.1, 0.15) is 23.7 Å². The molecule has 2 heterocycles. The molecule has 0 aromatic heterocycles. The van der Waals surface area contributed by atoms with E-state index in [-0.39, 0.29) is 12.5 Å². The van der Waals surface area contributed by atoms with Crippen LogP contribution in [0.3, 0.4) is 0 Å². The Morgan fingerprint density at radius 1 is 1.12 bits per heavy atom. The van der Waals surface area contributed by atoms with Crippen LogP contribution in [0.25, 0.3) is 0 Å². The summed E-state index contributed by atoms with van der Waals surface area (Å²) >= 11 is 6.25. The third kappa shape index (κ3) is 6.87. The van der Waals surface area contributed by atoms with Crippen molar-refractivity contribution in [3.05, 3.63) is 58.6 Å². The van der Waals surface area contributed by atoms with Gasteiger partial charge in [0.15, 0.2) is 0 Å². The van der Waals surface area contributed by atoms with Gasteiger partial charge >= 0.3 is 0 Å². The summed E-state index contributed by atoms with van der Waals surface area (Å²) in [4.78, 5) is 15.9. The van der Waals surface area contributed by atoms with Crippen molar-refractivity contribution in [2.45, 2.75) is 51.2 Å². The predicted molar refractivity (Wildman–Crippen MR) is 134 cm³/mol. The number of aryl methyl sites for hydroxylation is 1. The highest BCUT2D eigenvalue weighted by atomic mass is 35.5. The number of halogens is 1. The van der Waals surface area contributed by atoms with Crippen molar-refractivity contribution in [2.24, 2.45) is 0 Å². The van der Waals surface area contributed by atoms with Crippen molar-refractivity contribution in [3.8, 4) is 11.5 Å². The van der Waals surface area contributed by atoms with Crippen LogP contribution >= 0.6 is 11.6 Å². The third-order valence-electron chi connectivity index (χ3n) is 6.53. The molecule has 1 atom stereocenters. The molecule has 1 N–H and O–H groups in total. The van der Waals surface area contributed by atoms with Gasteiger partial charge in [-0.25, -0.2) is 0 Å². The number of aliphatic hydroxyl groups is 1. The zero-order valence-electron chi connectivity index (χ0n) is 20.0. The molecule has 0 saturated carbocycles. The summed E-state index contributed by atoms with van der Waals surface area (Å²) in [7, 11) is 0. The number of likely N-dealkylation sites (tertiary alicyclic amines) is 2. The second kappa shape index (κ2) is 11.4. The summed E-state index contributed by atoms with van der Waals surface area (Å²) in [6.45, 7) is 6.67. The molecule has 6 nitrogen and oxygen atoms in total. The number of benzene rings is 2. The van der Waals surface area contributed by atoms with Gasteiger partial charge < -0.3 is 19.5 Å². The molecular formula is C27H35ClN2O4. The number of hydrogen-bond acceptors (Lipinski definition) is 5. The maximum Gasteiger partial charge on any atom is 0.222 e. The van der Waals surface area contributed by atoms with E-state index in [4.69, 9.17) is 21.1 Å². The molecule has 0 radical (unpaired) electrons. The number of carbonyl (C=O) groups is 1. The fourth-order valence-corrected chi connectivity index (χ4v) is 4.94. The number of rotatable bonds is 10. The molecule has 2 aliphatic heterocycles. The van der Waals surface area contributed by atoms with E-state index in [1.807, 2.05) is 42.2 Å². The number of hydrogen-bond donors (Lipinski definition) is 1. The molecule has 1 amide bonds. The zero-order valence-corrected chi connectivity index (χ0v) is 20.7. The first-order valence-electron chi connectivity index (χ1n) is 12.2. The minimum atomic E-state index is -0.910. The van der Waals surface area contributed by atoms with Gasteiger partial charge in [-0.05, 0) is 74.5 Å². The molecule has 2 aromatic carbocycles. The molecule has 1 unspecified atom stereocenters. The predicted octanol–water partition coefficient (Wildman–Crippen LogP) is 4.45. The molecule has 0 spiro atoms. The average Bonchev–Trinajstić information content (AvgIpc) is 3.22. The normalized spacial score (nSPS) is 21.1. The summed E-state index contributed by atoms with van der Waals surface area (Å²) in [5, 5.41) is 11.7. The fourth-order valence-electron chi connectivity index (χ4n) is 4.77. The Balaban J connectivity index is 1.26. The maximum atomic E-state index is 11.7. The first-order chi connectivity index (χ1) is 16.4. The van der Waals surface area contributed by atoms with Gasteiger partial charge in [-0.3, -0.25) is 9.69 Å². The minimum absolute atomic E-state index is 0.218. The van der Waals surface area contributed by atoms with Crippen molar-refractivity contribution in [2.75, 3.05) is 39.4 Å². The lowest BCUT2D eigenvalue weighted by Crippen LogP contribution is -2.51. The van der Waals surface area contributed by atoms with Gasteiger partial charge in [0.25, 0.3) is 0 Å². The Hall–Kier alpha value is -2.28. The number of β-amino-alcohol motifs (C(OH)–C–C–N with tert-alkyl or cyclic N) is 1. The molecular weight excluding hydrogens is 452 g/mol. The summed E-state index contributed by atoms with van der Waals surface area (Å²) in [5.74, 6) is 1.72. The van der Waals surface area contributed by atoms with Crippen LogP contribution in [0.5, 0.6) is 11.5 Å². The SMILES string of the molecule is Cc1ccc(Cl)c(OCC2(O)CCCN(Cc3cccc(OCCCN4CCCC4=O)c3)C2)c1. The molecule has 2 saturated heterocycles. The van der Waals surface area contributed by atoms with E-state index < -0.39 is 5.60 Å². The van der Waals surface area contributed by atoms with Crippen molar-refractivity contribution in [1.82, 2.24) is 9.80 Å². The quantitative estimate of drug-likeness (QED) is 0.503. The van der Waals surface area contributed by atoms with Crippen molar-refractivity contribution < 1.29 is 19.4 Å². The molecule has 0 aliphatic carbocycles. The van der Waals surface area contributed by atoms with Crippen LogP contribution in [-0.2, 0) is 11.3 Å². The second-order valence-electron chi connectivity index (χ2n) is 9.59. The minimum Gasteiger partial charge on any atom is -0.494 e. The van der Waals surface area contributed by atoms with Crippen molar-refractivity contribution >= 4 is 17.5 Å². The van der Waals surface area contributed by atoms with Crippen molar-refractivity contribution in [1.29, 1.82) is 0 Å². The van der Waals surface area contributed by atoms with Gasteiger partial charge in [-0.2, -0.15) is 0 Å². The lowest BCUT2D eigenvalue weighted by Gasteiger charge is -2.39. The Morgan fingerprint density at radius 3 is 2.82 bits per heavy atom. The number of nitrogens with zero attached hydrogens (tertiary/aromatic N) is 2. The third-order valence-corrected chi connectivity index (χ3v) is 6.85. The van der Waals surface area contributed by atoms with E-state index in [1.54, 1.807) is 0 Å². The lowest BCUT2D eigenvalue weighted by atomic mass is 9.93. The second-order valence-corrected chi connectivity index (χ2v) is 10.0. The van der Waals surface area contributed by atoms with Crippen LogP contribution in [0.1, 0.15) is 43.2 Å². The Labute approximate surface area is 207 Å². The van der Waals surface area contributed by atoms with E-state index >= 15 is 0 Å². The van der Waals surface area contributed by atoms with Gasteiger partial charge in [0.05, 0.1) is 11.6 Å². The topological polar surface area (TPSA) is 62.2 Å². The van der Waals surface area contributed by atoms with Crippen LogP contribution in [0.15, 0.2) is 42.5 Å². The Morgan fingerprint density at radius 2 is 2.00 bits per heavy atom. The highest BCUT2D eigenvalue weighted by Crippen LogP contribution is 2.29. The zero-order chi connectivity index (χ0) is 24.0. The van der Waals surface area contributed by atoms with Crippen LogP contribution in [-0.4, -0.2) is 65.8 Å². The monoisotopic (exact) mass is 486 g/mol. The summed E-state index contributed by atoms with van der Waals surface area (Å²) in [6.07, 6.45) is 4.10. The molecule has 2 aliphatic rings. The Bertz CT molecular complexity index is 985. The largest absolute Gasteiger partial charge is 0.494 e. The molecule has 184 valence electrons. The van der Waals surface area contributed by atoms with Gasteiger partial charge in [0.2, 0.25) is 5.91 Å². The number of ether oxygens (including phenoxy) is 2. The van der Waals surface area contributed by atoms with E-state index in [1.165, 1.54) is 0 Å². The average molecular weight is 487 g/mol. The molecule has 34 heavy (non-hydrogen) atoms. The van der Waals surface area contributed by atoms with Gasteiger partial charge in [-0.15, -0.1) is 0 Å². The lowest BCUT2D eigenvalue weighted by molar-refractivity contribution is -0.127. The summed E-state index contributed by atoms with van der Waals surface area (Å²) < 4.78 is 11.9. The van der Waals surface area contributed by atoms with Crippen LogP contribution < -0.4 is 9.47 Å². The van der Waals surface area contributed by atoms with E-state index in [0.29, 0.717) is 36.8 Å². The standard InChI is InChI=1S/C27H35ClN2O4/c1-21-9-10-24(28)25(16-21)34-20-27(32)11-4-12-29(19-27)18-22-6-2-7-23(17-22)33-15-5-14-30-13-3-8-26(30)31/h2,6-7,9-10,16-17,32H,3-5,8,11-15,18-20H2,1H3. The fraction of sp³-hybridized carbons (Fsp3) is 0.519. The van der Waals surface area contributed by atoms with E-state index in [9.17, 15) is 9.90 Å². The number of amides is 1. The first-order valence-corrected chi connectivity index (χ1v) is 12.6. The van der Waals surface area contributed by atoms with E-state index in [2.05, 4.69) is 17.0 Å². The highest BCUT2D eigenvalue weighted by molar-refractivity contribution is 6.32. The van der Waals surface area contributed by atoms with Gasteiger partial charge in [-0.1, -0.05) is 29.8 Å². The molecule has 4 rings (SSSR count). The molecule has 7 heteroatoms. The van der Waals surface area contributed by atoms with Crippen molar-refractivity contribution in [3.63, 3.8) is 0 Å². The number of piperidine rings is 1. The van der Waals surface area contributed by atoms with Crippen LogP contribution in [0.2, 0.25) is 5.02 Å². The highest BCUT2D eigenvalue weighted by Gasteiger charge is 2.34.